The van der Waals surface area contributed by atoms with E-state index in [0.29, 0.717) is 10.0 Å². The van der Waals surface area contributed by atoms with Crippen LogP contribution in [0.2, 0.25) is 10.0 Å². The largest absolute Gasteiger partial charge is 0.316 e. The molecule has 0 spiro atoms. The van der Waals surface area contributed by atoms with Crippen LogP contribution in [0.5, 0.6) is 0 Å². The minimum atomic E-state index is -3.31. The standard InChI is InChI=1S/C20H24Cl2N2O2S/c1-13(2)27(25,26)24-20-9-10-23-12-18(20)15-5-3-14(4-6-15)17-11-16(21)7-8-19(17)22/h3-8,11,13,18,20,23-24H,9-10,12H2,1-2H3/t18-,20+/m0/s1. The molecule has 0 unspecified atom stereocenters. The van der Waals surface area contributed by atoms with Crippen LogP contribution in [0.1, 0.15) is 31.7 Å². The molecule has 146 valence electrons. The van der Waals surface area contributed by atoms with Gasteiger partial charge in [0.05, 0.1) is 5.25 Å². The summed E-state index contributed by atoms with van der Waals surface area (Å²) in [6.45, 7) is 4.93. The molecule has 0 radical (unpaired) electrons. The minimum absolute atomic E-state index is 0.0798. The maximum Gasteiger partial charge on any atom is 0.214 e. The molecule has 0 saturated carbocycles. The molecule has 1 fully saturated rings. The number of halogens is 2. The van der Waals surface area contributed by atoms with Crippen molar-refractivity contribution in [2.24, 2.45) is 0 Å². The Bertz CT molecular complexity index is 899. The van der Waals surface area contributed by atoms with Gasteiger partial charge in [-0.3, -0.25) is 0 Å². The van der Waals surface area contributed by atoms with Crippen LogP contribution in [0.15, 0.2) is 42.5 Å². The van der Waals surface area contributed by atoms with Crippen molar-refractivity contribution >= 4 is 33.2 Å². The van der Waals surface area contributed by atoms with Gasteiger partial charge in [0.2, 0.25) is 10.0 Å². The van der Waals surface area contributed by atoms with Crippen molar-refractivity contribution < 1.29 is 8.42 Å². The number of hydrogen-bond donors (Lipinski definition) is 2. The lowest BCUT2D eigenvalue weighted by Gasteiger charge is -2.33. The normalized spacial score (nSPS) is 20.8. The zero-order chi connectivity index (χ0) is 19.6. The second-order valence-corrected chi connectivity index (χ2v) is 10.3. The third-order valence-electron chi connectivity index (χ3n) is 5.00. The van der Waals surface area contributed by atoms with E-state index in [2.05, 4.69) is 10.0 Å². The molecular formula is C20H24Cl2N2O2S. The van der Waals surface area contributed by atoms with E-state index in [4.69, 9.17) is 23.2 Å². The summed E-state index contributed by atoms with van der Waals surface area (Å²) in [6.07, 6.45) is 0.762. The molecule has 2 aromatic carbocycles. The maximum absolute atomic E-state index is 12.3. The molecule has 0 amide bonds. The first kappa shape index (κ1) is 20.6. The fraction of sp³-hybridized carbons (Fsp3) is 0.400. The average molecular weight is 427 g/mol. The zero-order valence-electron chi connectivity index (χ0n) is 15.4. The van der Waals surface area contributed by atoms with Gasteiger partial charge in [-0.2, -0.15) is 0 Å². The van der Waals surface area contributed by atoms with Crippen molar-refractivity contribution in [2.75, 3.05) is 13.1 Å². The summed E-state index contributed by atoms with van der Waals surface area (Å²) in [4.78, 5) is 0. The van der Waals surface area contributed by atoms with Crippen LogP contribution in [-0.4, -0.2) is 32.8 Å². The summed E-state index contributed by atoms with van der Waals surface area (Å²) in [7, 11) is -3.31. The van der Waals surface area contributed by atoms with Crippen molar-refractivity contribution in [2.45, 2.75) is 37.5 Å². The second kappa shape index (κ2) is 8.50. The molecule has 0 bridgehead atoms. The van der Waals surface area contributed by atoms with E-state index in [9.17, 15) is 8.42 Å². The van der Waals surface area contributed by atoms with E-state index in [1.165, 1.54) is 0 Å². The molecule has 4 nitrogen and oxygen atoms in total. The highest BCUT2D eigenvalue weighted by atomic mass is 35.5. The van der Waals surface area contributed by atoms with Gasteiger partial charge in [-0.05, 0) is 56.1 Å². The third-order valence-corrected chi connectivity index (χ3v) is 7.43. The maximum atomic E-state index is 12.3. The van der Waals surface area contributed by atoms with Crippen LogP contribution >= 0.6 is 23.2 Å². The molecule has 3 rings (SSSR count). The summed E-state index contributed by atoms with van der Waals surface area (Å²) in [5.41, 5.74) is 2.96. The molecular weight excluding hydrogens is 403 g/mol. The minimum Gasteiger partial charge on any atom is -0.316 e. The monoisotopic (exact) mass is 426 g/mol. The smallest absolute Gasteiger partial charge is 0.214 e. The van der Waals surface area contributed by atoms with Crippen molar-refractivity contribution in [3.05, 3.63) is 58.1 Å². The molecule has 27 heavy (non-hydrogen) atoms. The molecule has 0 aliphatic carbocycles. The fourth-order valence-electron chi connectivity index (χ4n) is 3.33. The van der Waals surface area contributed by atoms with Crippen molar-refractivity contribution in [3.63, 3.8) is 0 Å². The van der Waals surface area contributed by atoms with E-state index < -0.39 is 15.3 Å². The number of sulfonamides is 1. The molecule has 1 aliphatic rings. The van der Waals surface area contributed by atoms with Crippen LogP contribution < -0.4 is 10.0 Å². The Morgan fingerprint density at radius 2 is 1.81 bits per heavy atom. The number of rotatable bonds is 5. The summed E-state index contributed by atoms with van der Waals surface area (Å²) in [6, 6.07) is 13.4. The summed E-state index contributed by atoms with van der Waals surface area (Å²) >= 11 is 12.4. The first-order valence-corrected chi connectivity index (χ1v) is 11.4. The Balaban J connectivity index is 1.85. The lowest BCUT2D eigenvalue weighted by molar-refractivity contribution is 0.377. The van der Waals surface area contributed by atoms with E-state index in [-0.39, 0.29) is 12.0 Å². The van der Waals surface area contributed by atoms with Gasteiger partial charge in [-0.15, -0.1) is 0 Å². The van der Waals surface area contributed by atoms with Gasteiger partial charge < -0.3 is 5.32 Å². The molecule has 2 N–H and O–H groups in total. The van der Waals surface area contributed by atoms with Crippen LogP contribution in [0.25, 0.3) is 11.1 Å². The predicted molar refractivity (Wildman–Crippen MR) is 113 cm³/mol. The van der Waals surface area contributed by atoms with E-state index in [0.717, 1.165) is 36.2 Å². The summed E-state index contributed by atoms with van der Waals surface area (Å²) < 4.78 is 27.6. The molecule has 1 saturated heterocycles. The number of benzene rings is 2. The number of hydrogen-bond acceptors (Lipinski definition) is 3. The Hall–Kier alpha value is -1.11. The lowest BCUT2D eigenvalue weighted by Crippen LogP contribution is -2.49. The van der Waals surface area contributed by atoms with Gasteiger partial charge in [-0.25, -0.2) is 13.1 Å². The van der Waals surface area contributed by atoms with Gasteiger partial charge in [-0.1, -0.05) is 47.5 Å². The van der Waals surface area contributed by atoms with Gasteiger partial charge in [0.15, 0.2) is 0 Å². The van der Waals surface area contributed by atoms with Gasteiger partial charge >= 0.3 is 0 Å². The molecule has 1 aliphatic heterocycles. The quantitative estimate of drug-likeness (QED) is 0.742. The molecule has 1 heterocycles. The average Bonchev–Trinajstić information content (AvgIpc) is 2.64. The second-order valence-electron chi connectivity index (χ2n) is 7.16. The fourth-order valence-corrected chi connectivity index (χ4v) is 4.70. The highest BCUT2D eigenvalue weighted by molar-refractivity contribution is 7.90. The topological polar surface area (TPSA) is 58.2 Å². The first-order valence-electron chi connectivity index (χ1n) is 9.05. The van der Waals surface area contributed by atoms with E-state index >= 15 is 0 Å². The van der Waals surface area contributed by atoms with Crippen molar-refractivity contribution in [1.82, 2.24) is 10.0 Å². The summed E-state index contributed by atoms with van der Waals surface area (Å²) in [5, 5.41) is 4.21. The van der Waals surface area contributed by atoms with Gasteiger partial charge in [0.1, 0.15) is 0 Å². The number of nitrogens with one attached hydrogen (secondary N) is 2. The summed E-state index contributed by atoms with van der Waals surface area (Å²) in [5.74, 6) is 0.0798. The van der Waals surface area contributed by atoms with E-state index in [1.54, 1.807) is 26.0 Å². The Labute approximate surface area is 171 Å². The van der Waals surface area contributed by atoms with E-state index in [1.807, 2.05) is 30.3 Å². The van der Waals surface area contributed by atoms with Gasteiger partial charge in [0.25, 0.3) is 0 Å². The molecule has 2 atom stereocenters. The highest BCUT2D eigenvalue weighted by Crippen LogP contribution is 2.32. The molecule has 7 heteroatoms. The van der Waals surface area contributed by atoms with Crippen molar-refractivity contribution in [1.29, 1.82) is 0 Å². The third kappa shape index (κ3) is 4.84. The zero-order valence-corrected chi connectivity index (χ0v) is 17.7. The van der Waals surface area contributed by atoms with Gasteiger partial charge in [0, 0.05) is 34.1 Å². The predicted octanol–water partition coefficient (Wildman–Crippen LogP) is 4.43. The van der Waals surface area contributed by atoms with Crippen LogP contribution in [0.3, 0.4) is 0 Å². The van der Waals surface area contributed by atoms with Crippen molar-refractivity contribution in [3.8, 4) is 11.1 Å². The van der Waals surface area contributed by atoms with Crippen LogP contribution in [0.4, 0.5) is 0 Å². The van der Waals surface area contributed by atoms with Crippen LogP contribution in [-0.2, 0) is 10.0 Å². The lowest BCUT2D eigenvalue weighted by atomic mass is 9.87. The molecule has 2 aromatic rings. The first-order chi connectivity index (χ1) is 12.8. The Morgan fingerprint density at radius 1 is 1.11 bits per heavy atom. The Kier molecular flexibility index (Phi) is 6.49. The number of piperidine rings is 1. The SMILES string of the molecule is CC(C)S(=O)(=O)N[C@@H]1CCNC[C@H]1c1ccc(-c2cc(Cl)ccc2Cl)cc1. The highest BCUT2D eigenvalue weighted by Gasteiger charge is 2.31. The molecule has 0 aromatic heterocycles. The van der Waals surface area contributed by atoms with Crippen LogP contribution in [0, 0.1) is 0 Å². The Morgan fingerprint density at radius 3 is 2.48 bits per heavy atom.